The van der Waals surface area contributed by atoms with Crippen LogP contribution in [0.5, 0.6) is 5.75 Å². The number of carbonyl (C=O) groups is 1. The van der Waals surface area contributed by atoms with Crippen LogP contribution in [0.1, 0.15) is 21.6 Å². The molecule has 0 unspecified atom stereocenters. The fraction of sp³-hybridized carbons (Fsp3) is 0.0714. The highest BCUT2D eigenvalue weighted by Gasteiger charge is 2.04. The Kier molecular flexibility index (Phi) is 3.87. The van der Waals surface area contributed by atoms with Crippen LogP contribution < -0.4 is 5.43 Å². The molecule has 0 aliphatic rings. The van der Waals surface area contributed by atoms with Crippen molar-refractivity contribution < 1.29 is 9.90 Å². The van der Waals surface area contributed by atoms with Crippen LogP contribution in [0.2, 0.25) is 0 Å². The fourth-order valence-electron chi connectivity index (χ4n) is 1.48. The topological polar surface area (TPSA) is 74.6 Å². The summed E-state index contributed by atoms with van der Waals surface area (Å²) in [6, 6.07) is 10.2. The summed E-state index contributed by atoms with van der Waals surface area (Å²) in [5.41, 5.74) is 4.12. The Morgan fingerprint density at radius 3 is 2.89 bits per heavy atom. The lowest BCUT2D eigenvalue weighted by atomic mass is 10.1. The van der Waals surface area contributed by atoms with Gasteiger partial charge in [0.25, 0.3) is 5.91 Å². The molecule has 2 N–H and O–H groups in total. The molecule has 0 fully saturated rings. The van der Waals surface area contributed by atoms with E-state index in [0.29, 0.717) is 5.56 Å². The predicted octanol–water partition coefficient (Wildman–Crippen LogP) is 1.86. The minimum Gasteiger partial charge on any atom is -0.507 e. The highest BCUT2D eigenvalue weighted by Crippen LogP contribution is 2.15. The number of carbonyl (C=O) groups excluding carboxylic acids is 1. The van der Waals surface area contributed by atoms with Crippen LogP contribution in [-0.4, -0.2) is 22.2 Å². The number of benzene rings is 1. The fourth-order valence-corrected chi connectivity index (χ4v) is 1.48. The first-order valence-electron chi connectivity index (χ1n) is 5.71. The molecule has 5 nitrogen and oxygen atoms in total. The molecule has 0 spiro atoms. The number of phenolic OH excluding ortho intramolecular Hbond substituents is 1. The van der Waals surface area contributed by atoms with Gasteiger partial charge in [-0.05, 0) is 36.8 Å². The van der Waals surface area contributed by atoms with Gasteiger partial charge in [0.15, 0.2) is 0 Å². The van der Waals surface area contributed by atoms with Gasteiger partial charge in [-0.1, -0.05) is 12.1 Å². The van der Waals surface area contributed by atoms with E-state index in [1.54, 1.807) is 30.3 Å². The van der Waals surface area contributed by atoms with Gasteiger partial charge in [-0.3, -0.25) is 9.78 Å². The number of nitrogens with zero attached hydrogens (tertiary/aromatic N) is 2. The Morgan fingerprint density at radius 2 is 2.21 bits per heavy atom. The molecule has 96 valence electrons. The van der Waals surface area contributed by atoms with Crippen molar-refractivity contribution in [1.82, 2.24) is 10.4 Å². The molecule has 0 aliphatic carbocycles. The number of aryl methyl sites for hydroxylation is 1. The van der Waals surface area contributed by atoms with Gasteiger partial charge in [-0.2, -0.15) is 5.10 Å². The molecule has 0 saturated heterocycles. The van der Waals surface area contributed by atoms with Crippen molar-refractivity contribution in [2.45, 2.75) is 6.92 Å². The van der Waals surface area contributed by atoms with E-state index in [4.69, 9.17) is 0 Å². The maximum Gasteiger partial charge on any atom is 0.289 e. The Morgan fingerprint density at radius 1 is 1.37 bits per heavy atom. The molecule has 1 aromatic carbocycles. The zero-order chi connectivity index (χ0) is 13.7. The second kappa shape index (κ2) is 5.77. The van der Waals surface area contributed by atoms with Crippen LogP contribution >= 0.6 is 0 Å². The van der Waals surface area contributed by atoms with Gasteiger partial charge in [0, 0.05) is 11.8 Å². The average Bonchev–Trinajstić information content (AvgIpc) is 2.42. The van der Waals surface area contributed by atoms with Crippen molar-refractivity contribution >= 4 is 12.1 Å². The maximum atomic E-state index is 11.6. The van der Waals surface area contributed by atoms with Gasteiger partial charge in [0.05, 0.1) is 6.21 Å². The van der Waals surface area contributed by atoms with Gasteiger partial charge in [0.2, 0.25) is 0 Å². The third-order valence-electron chi connectivity index (χ3n) is 2.45. The van der Waals surface area contributed by atoms with E-state index in [1.165, 1.54) is 12.4 Å². The quantitative estimate of drug-likeness (QED) is 0.649. The normalized spacial score (nSPS) is 10.6. The van der Waals surface area contributed by atoms with E-state index in [-0.39, 0.29) is 11.4 Å². The molecule has 0 atom stereocenters. The molecule has 1 heterocycles. The summed E-state index contributed by atoms with van der Waals surface area (Å²) in [5.74, 6) is -0.278. The zero-order valence-electron chi connectivity index (χ0n) is 10.4. The molecule has 0 saturated carbocycles. The molecule has 2 aromatic rings. The van der Waals surface area contributed by atoms with Crippen LogP contribution in [0.25, 0.3) is 0 Å². The third-order valence-corrected chi connectivity index (χ3v) is 2.45. The minimum atomic E-state index is -0.400. The molecule has 1 amide bonds. The molecular formula is C14H13N3O2. The van der Waals surface area contributed by atoms with Gasteiger partial charge in [-0.25, -0.2) is 5.43 Å². The summed E-state index contributed by atoms with van der Waals surface area (Å²) < 4.78 is 0. The van der Waals surface area contributed by atoms with Gasteiger partial charge in [-0.15, -0.1) is 0 Å². The molecule has 5 heteroatoms. The Bertz CT molecular complexity index is 609. The lowest BCUT2D eigenvalue weighted by Crippen LogP contribution is -2.18. The van der Waals surface area contributed by atoms with Crippen LogP contribution in [0.3, 0.4) is 0 Å². The molecule has 19 heavy (non-hydrogen) atoms. The van der Waals surface area contributed by atoms with Crippen LogP contribution in [-0.2, 0) is 0 Å². The van der Waals surface area contributed by atoms with Gasteiger partial charge < -0.3 is 5.11 Å². The summed E-state index contributed by atoms with van der Waals surface area (Å²) >= 11 is 0. The standard InChI is InChI=1S/C14H13N3O2/c1-10-5-6-11(13(18)8-10)9-16-17-14(19)12-4-2-3-7-15-12/h2-9,18H,1H3,(H,17,19)/b16-9+. The average molecular weight is 255 g/mol. The maximum absolute atomic E-state index is 11.6. The Balaban J connectivity index is 2.02. The first-order chi connectivity index (χ1) is 9.16. The SMILES string of the molecule is Cc1ccc(/C=N/NC(=O)c2ccccn2)c(O)c1. The lowest BCUT2D eigenvalue weighted by molar-refractivity contribution is 0.0950. The summed E-state index contributed by atoms with van der Waals surface area (Å²) in [4.78, 5) is 15.5. The second-order valence-corrected chi connectivity index (χ2v) is 3.98. The molecule has 0 radical (unpaired) electrons. The second-order valence-electron chi connectivity index (χ2n) is 3.98. The van der Waals surface area contributed by atoms with Crippen LogP contribution in [0, 0.1) is 6.92 Å². The summed E-state index contributed by atoms with van der Waals surface area (Å²) in [5, 5.41) is 13.4. The Labute approximate surface area is 110 Å². The van der Waals surface area contributed by atoms with Crippen molar-refractivity contribution in [3.8, 4) is 5.75 Å². The number of phenols is 1. The van der Waals surface area contributed by atoms with Gasteiger partial charge in [0.1, 0.15) is 11.4 Å². The summed E-state index contributed by atoms with van der Waals surface area (Å²) in [7, 11) is 0. The van der Waals surface area contributed by atoms with Crippen LogP contribution in [0.15, 0.2) is 47.7 Å². The molecule has 0 aliphatic heterocycles. The van der Waals surface area contributed by atoms with E-state index >= 15 is 0 Å². The summed E-state index contributed by atoms with van der Waals surface area (Å²) in [6.45, 7) is 1.88. The molecule has 1 aromatic heterocycles. The van der Waals surface area contributed by atoms with E-state index in [0.717, 1.165) is 5.56 Å². The number of nitrogens with one attached hydrogen (secondary N) is 1. The first-order valence-corrected chi connectivity index (χ1v) is 5.71. The highest BCUT2D eigenvalue weighted by molar-refractivity contribution is 5.93. The van der Waals surface area contributed by atoms with Crippen LogP contribution in [0.4, 0.5) is 0 Å². The largest absolute Gasteiger partial charge is 0.507 e. The van der Waals surface area contributed by atoms with Gasteiger partial charge >= 0.3 is 0 Å². The van der Waals surface area contributed by atoms with E-state index in [2.05, 4.69) is 15.5 Å². The predicted molar refractivity (Wildman–Crippen MR) is 72.1 cm³/mol. The molecule has 0 bridgehead atoms. The van der Waals surface area contributed by atoms with E-state index < -0.39 is 5.91 Å². The van der Waals surface area contributed by atoms with Crippen molar-refractivity contribution in [2.75, 3.05) is 0 Å². The summed E-state index contributed by atoms with van der Waals surface area (Å²) in [6.07, 6.45) is 2.92. The van der Waals surface area contributed by atoms with E-state index in [9.17, 15) is 9.90 Å². The highest BCUT2D eigenvalue weighted by atomic mass is 16.3. The monoisotopic (exact) mass is 255 g/mol. The number of aromatic nitrogens is 1. The van der Waals surface area contributed by atoms with Crippen molar-refractivity contribution in [3.05, 3.63) is 59.4 Å². The number of hydrogen-bond acceptors (Lipinski definition) is 4. The van der Waals surface area contributed by atoms with Crippen molar-refractivity contribution in [2.24, 2.45) is 5.10 Å². The van der Waals surface area contributed by atoms with E-state index in [1.807, 2.05) is 13.0 Å². The minimum absolute atomic E-state index is 0.121. The molecule has 2 rings (SSSR count). The number of rotatable bonds is 3. The molecular weight excluding hydrogens is 242 g/mol. The third kappa shape index (κ3) is 3.38. The number of hydrazone groups is 1. The van der Waals surface area contributed by atoms with Crippen molar-refractivity contribution in [1.29, 1.82) is 0 Å². The Hall–Kier alpha value is -2.69. The number of hydrogen-bond donors (Lipinski definition) is 2. The smallest absolute Gasteiger partial charge is 0.289 e. The number of pyridine rings is 1. The zero-order valence-corrected chi connectivity index (χ0v) is 10.4. The number of amides is 1. The lowest BCUT2D eigenvalue weighted by Gasteiger charge is -2.00. The first kappa shape index (κ1) is 12.8. The number of aromatic hydroxyl groups is 1. The van der Waals surface area contributed by atoms with Crippen molar-refractivity contribution in [3.63, 3.8) is 0 Å².